The van der Waals surface area contributed by atoms with E-state index in [2.05, 4.69) is 10.3 Å². The third kappa shape index (κ3) is 5.11. The fourth-order valence-corrected chi connectivity index (χ4v) is 3.95. The molecule has 0 aliphatic carbocycles. The molecule has 0 aliphatic rings. The van der Waals surface area contributed by atoms with Gasteiger partial charge in [-0.1, -0.05) is 12.1 Å². The van der Waals surface area contributed by atoms with Crippen molar-refractivity contribution in [3.63, 3.8) is 0 Å². The molecule has 4 nitrogen and oxygen atoms in total. The van der Waals surface area contributed by atoms with Gasteiger partial charge in [-0.15, -0.1) is 23.1 Å². The molecule has 0 unspecified atom stereocenters. The number of amides is 1. The number of hydrogen-bond donors (Lipinski definition) is 1. The van der Waals surface area contributed by atoms with Gasteiger partial charge in [-0.05, 0) is 62.1 Å². The zero-order valence-corrected chi connectivity index (χ0v) is 17.2. The van der Waals surface area contributed by atoms with Gasteiger partial charge in [0, 0.05) is 15.3 Å². The first-order chi connectivity index (χ1) is 13.1. The molecule has 1 N–H and O–H groups in total. The summed E-state index contributed by atoms with van der Waals surface area (Å²) in [5, 5.41) is 3.55. The van der Waals surface area contributed by atoms with E-state index in [0.717, 1.165) is 27.4 Å². The van der Waals surface area contributed by atoms with Gasteiger partial charge in [0.15, 0.2) is 5.13 Å². The maximum absolute atomic E-state index is 12.3. The molecule has 1 aromatic heterocycles. The Morgan fingerprint density at radius 3 is 2.48 bits per heavy atom. The summed E-state index contributed by atoms with van der Waals surface area (Å²) in [4.78, 5) is 19.2. The number of hydrogen-bond acceptors (Lipinski definition) is 5. The van der Waals surface area contributed by atoms with Crippen molar-refractivity contribution in [2.45, 2.75) is 25.2 Å². The van der Waals surface area contributed by atoms with E-state index in [1.54, 1.807) is 11.8 Å². The number of rotatable bonds is 7. The normalized spacial score (nSPS) is 10.6. The van der Waals surface area contributed by atoms with E-state index in [9.17, 15) is 4.79 Å². The van der Waals surface area contributed by atoms with Crippen LogP contribution >= 0.6 is 23.1 Å². The molecule has 1 amide bonds. The highest BCUT2D eigenvalue weighted by Crippen LogP contribution is 2.31. The minimum Gasteiger partial charge on any atom is -0.494 e. The predicted molar refractivity (Wildman–Crippen MR) is 114 cm³/mol. The summed E-state index contributed by atoms with van der Waals surface area (Å²) in [6, 6.07) is 15.9. The molecule has 27 heavy (non-hydrogen) atoms. The second kappa shape index (κ2) is 9.06. The largest absolute Gasteiger partial charge is 0.494 e. The summed E-state index contributed by atoms with van der Waals surface area (Å²) in [5.74, 6) is 0.786. The minimum atomic E-state index is -0.0566. The zero-order valence-electron chi connectivity index (χ0n) is 15.6. The molecule has 3 rings (SSSR count). The van der Waals surface area contributed by atoms with Gasteiger partial charge in [-0.2, -0.15) is 0 Å². The van der Waals surface area contributed by atoms with Crippen LogP contribution in [0.3, 0.4) is 0 Å². The van der Waals surface area contributed by atoms with Gasteiger partial charge in [0.05, 0.1) is 18.7 Å². The Bertz CT molecular complexity index is 903. The maximum Gasteiger partial charge on any atom is 0.230 e. The minimum absolute atomic E-state index is 0.0566. The summed E-state index contributed by atoms with van der Waals surface area (Å²) in [5.41, 5.74) is 2.90. The predicted octanol–water partition coefficient (Wildman–Crippen LogP) is 5.42. The van der Waals surface area contributed by atoms with Gasteiger partial charge >= 0.3 is 0 Å². The molecule has 1 heterocycles. The Morgan fingerprint density at radius 2 is 1.85 bits per heavy atom. The number of aromatic nitrogens is 1. The first-order valence-corrected chi connectivity index (χ1v) is 10.8. The van der Waals surface area contributed by atoms with Crippen LogP contribution in [0, 0.1) is 6.92 Å². The van der Waals surface area contributed by atoms with Crippen LogP contribution in [0.2, 0.25) is 0 Å². The monoisotopic (exact) mass is 398 g/mol. The van der Waals surface area contributed by atoms with Gasteiger partial charge in [0.25, 0.3) is 0 Å². The molecule has 2 aromatic carbocycles. The topological polar surface area (TPSA) is 51.2 Å². The molecular weight excluding hydrogens is 376 g/mol. The van der Waals surface area contributed by atoms with E-state index < -0.39 is 0 Å². The Kier molecular flexibility index (Phi) is 6.53. The molecule has 0 spiro atoms. The highest BCUT2D eigenvalue weighted by molar-refractivity contribution is 7.98. The van der Waals surface area contributed by atoms with Crippen molar-refractivity contribution in [2.24, 2.45) is 0 Å². The van der Waals surface area contributed by atoms with Crippen molar-refractivity contribution in [1.82, 2.24) is 4.98 Å². The molecule has 0 saturated heterocycles. The Morgan fingerprint density at radius 1 is 1.15 bits per heavy atom. The molecule has 0 saturated carbocycles. The number of aryl methyl sites for hydroxylation is 1. The smallest absolute Gasteiger partial charge is 0.230 e. The number of ether oxygens (including phenoxy) is 1. The van der Waals surface area contributed by atoms with Crippen molar-refractivity contribution >= 4 is 34.1 Å². The zero-order chi connectivity index (χ0) is 19.2. The molecular formula is C21H22N2O2S2. The van der Waals surface area contributed by atoms with Crippen LogP contribution in [0.15, 0.2) is 53.4 Å². The average molecular weight is 399 g/mol. The molecule has 140 valence electrons. The SMILES string of the molecule is CCOc1ccc(-c2nc(NC(=O)Cc3ccc(SC)cc3)sc2C)cc1. The summed E-state index contributed by atoms with van der Waals surface area (Å²) < 4.78 is 5.48. The van der Waals surface area contributed by atoms with Crippen LogP contribution in [0.25, 0.3) is 11.3 Å². The lowest BCUT2D eigenvalue weighted by molar-refractivity contribution is -0.115. The number of thioether (sulfide) groups is 1. The number of thiazole rings is 1. The number of nitrogens with one attached hydrogen (secondary N) is 1. The number of benzene rings is 2. The van der Waals surface area contributed by atoms with Crippen LogP contribution in [0.1, 0.15) is 17.4 Å². The summed E-state index contributed by atoms with van der Waals surface area (Å²) in [7, 11) is 0. The van der Waals surface area contributed by atoms with Crippen LogP contribution in [-0.2, 0) is 11.2 Å². The second-order valence-corrected chi connectivity index (χ2v) is 8.04. The van der Waals surface area contributed by atoms with Gasteiger partial charge in [0.1, 0.15) is 5.75 Å². The van der Waals surface area contributed by atoms with Crippen LogP contribution < -0.4 is 10.1 Å². The lowest BCUT2D eigenvalue weighted by Gasteiger charge is -2.04. The summed E-state index contributed by atoms with van der Waals surface area (Å²) in [6.45, 7) is 4.62. The highest BCUT2D eigenvalue weighted by Gasteiger charge is 2.12. The number of nitrogens with zero attached hydrogens (tertiary/aromatic N) is 1. The van der Waals surface area contributed by atoms with Crippen LogP contribution in [0.4, 0.5) is 5.13 Å². The van der Waals surface area contributed by atoms with Gasteiger partial charge < -0.3 is 10.1 Å². The quantitative estimate of drug-likeness (QED) is 0.540. The molecule has 0 bridgehead atoms. The van der Waals surface area contributed by atoms with Gasteiger partial charge in [-0.25, -0.2) is 4.98 Å². The third-order valence-electron chi connectivity index (χ3n) is 4.01. The molecule has 0 fully saturated rings. The van der Waals surface area contributed by atoms with Gasteiger partial charge in [0.2, 0.25) is 5.91 Å². The molecule has 3 aromatic rings. The fourth-order valence-electron chi connectivity index (χ4n) is 2.69. The molecule has 6 heteroatoms. The van der Waals surface area contributed by atoms with E-state index in [1.165, 1.54) is 16.2 Å². The van der Waals surface area contributed by atoms with E-state index >= 15 is 0 Å². The number of anilines is 1. The second-order valence-electron chi connectivity index (χ2n) is 5.95. The third-order valence-corrected chi connectivity index (χ3v) is 5.64. The lowest BCUT2D eigenvalue weighted by Crippen LogP contribution is -2.14. The van der Waals surface area contributed by atoms with E-state index in [0.29, 0.717) is 18.2 Å². The Labute approximate surface area is 168 Å². The van der Waals surface area contributed by atoms with Crippen molar-refractivity contribution < 1.29 is 9.53 Å². The van der Waals surface area contributed by atoms with Crippen LogP contribution in [-0.4, -0.2) is 23.8 Å². The Balaban J connectivity index is 1.67. The lowest BCUT2D eigenvalue weighted by atomic mass is 10.1. The van der Waals surface area contributed by atoms with Crippen molar-refractivity contribution in [3.8, 4) is 17.0 Å². The van der Waals surface area contributed by atoms with E-state index in [-0.39, 0.29) is 5.91 Å². The van der Waals surface area contributed by atoms with Crippen LogP contribution in [0.5, 0.6) is 5.75 Å². The van der Waals surface area contributed by atoms with Crippen molar-refractivity contribution in [2.75, 3.05) is 18.2 Å². The van der Waals surface area contributed by atoms with E-state index in [4.69, 9.17) is 4.74 Å². The van der Waals surface area contributed by atoms with Gasteiger partial charge in [-0.3, -0.25) is 4.79 Å². The summed E-state index contributed by atoms with van der Waals surface area (Å²) in [6.07, 6.45) is 2.38. The standard InChI is InChI=1S/C21H22N2O2S2/c1-4-25-17-9-7-16(8-10-17)20-14(2)27-21(23-20)22-19(24)13-15-5-11-18(26-3)12-6-15/h5-12H,4,13H2,1-3H3,(H,22,23,24). The molecule has 0 radical (unpaired) electrons. The van der Waals surface area contributed by atoms with Crippen molar-refractivity contribution in [1.29, 1.82) is 0 Å². The first kappa shape index (κ1) is 19.5. The number of carbonyl (C=O) groups is 1. The average Bonchev–Trinajstić information content (AvgIpc) is 3.03. The maximum atomic E-state index is 12.3. The van der Waals surface area contributed by atoms with E-state index in [1.807, 2.05) is 68.6 Å². The molecule has 0 atom stereocenters. The molecule has 0 aliphatic heterocycles. The summed E-state index contributed by atoms with van der Waals surface area (Å²) >= 11 is 3.18. The van der Waals surface area contributed by atoms with Crippen molar-refractivity contribution in [3.05, 3.63) is 59.0 Å². The fraction of sp³-hybridized carbons (Fsp3) is 0.238. The highest BCUT2D eigenvalue weighted by atomic mass is 32.2. The number of carbonyl (C=O) groups excluding carboxylic acids is 1. The Hall–Kier alpha value is -2.31. The first-order valence-electron chi connectivity index (χ1n) is 8.72.